The average molecular weight is 234 g/mol. The molecule has 1 aromatic carbocycles. The van der Waals surface area contributed by atoms with E-state index in [4.69, 9.17) is 4.74 Å². The molecule has 0 radical (unpaired) electrons. The summed E-state index contributed by atoms with van der Waals surface area (Å²) in [5.41, 5.74) is 1.11. The van der Waals surface area contributed by atoms with Crippen molar-refractivity contribution in [2.24, 2.45) is 0 Å². The second kappa shape index (κ2) is 5.80. The standard InChI is InChI=1S/C13H18N2O2/c1-17-11-7-12(14-9-11)13(16)15-8-10-5-3-2-4-6-10/h2-6,11-12,14H,7-9H2,1H3,(H,15,16). The predicted molar refractivity (Wildman–Crippen MR) is 65.5 cm³/mol. The Bertz CT molecular complexity index is 367. The van der Waals surface area contributed by atoms with Crippen molar-refractivity contribution in [1.82, 2.24) is 10.6 Å². The molecule has 0 aliphatic carbocycles. The highest BCUT2D eigenvalue weighted by molar-refractivity contribution is 5.82. The predicted octanol–water partition coefficient (Wildman–Crippen LogP) is 0.680. The largest absolute Gasteiger partial charge is 0.380 e. The van der Waals surface area contributed by atoms with Crippen LogP contribution >= 0.6 is 0 Å². The van der Waals surface area contributed by atoms with Gasteiger partial charge >= 0.3 is 0 Å². The molecule has 0 aromatic heterocycles. The first-order chi connectivity index (χ1) is 8.29. The minimum Gasteiger partial charge on any atom is -0.380 e. The summed E-state index contributed by atoms with van der Waals surface area (Å²) < 4.78 is 5.21. The lowest BCUT2D eigenvalue weighted by molar-refractivity contribution is -0.123. The van der Waals surface area contributed by atoms with Crippen molar-refractivity contribution in [3.8, 4) is 0 Å². The number of carbonyl (C=O) groups excluding carboxylic acids is 1. The van der Waals surface area contributed by atoms with Crippen LogP contribution in [-0.4, -0.2) is 31.7 Å². The van der Waals surface area contributed by atoms with Gasteiger partial charge in [-0.2, -0.15) is 0 Å². The van der Waals surface area contributed by atoms with E-state index in [1.54, 1.807) is 7.11 Å². The smallest absolute Gasteiger partial charge is 0.237 e. The van der Waals surface area contributed by atoms with Gasteiger partial charge in [0.25, 0.3) is 0 Å². The number of nitrogens with one attached hydrogen (secondary N) is 2. The molecule has 1 fully saturated rings. The first-order valence-electron chi connectivity index (χ1n) is 5.87. The maximum absolute atomic E-state index is 11.9. The molecular weight excluding hydrogens is 216 g/mol. The van der Waals surface area contributed by atoms with E-state index in [0.717, 1.165) is 18.5 Å². The third kappa shape index (κ3) is 3.28. The van der Waals surface area contributed by atoms with Crippen LogP contribution in [0, 0.1) is 0 Å². The number of hydrogen-bond donors (Lipinski definition) is 2. The Kier molecular flexibility index (Phi) is 4.12. The molecule has 1 heterocycles. The van der Waals surface area contributed by atoms with Crippen LogP contribution < -0.4 is 10.6 Å². The number of benzene rings is 1. The Balaban J connectivity index is 1.78. The summed E-state index contributed by atoms with van der Waals surface area (Å²) in [7, 11) is 1.68. The quantitative estimate of drug-likeness (QED) is 0.805. The van der Waals surface area contributed by atoms with Crippen LogP contribution in [0.2, 0.25) is 0 Å². The van der Waals surface area contributed by atoms with Crippen LogP contribution in [0.3, 0.4) is 0 Å². The fourth-order valence-electron chi connectivity index (χ4n) is 1.99. The molecule has 2 atom stereocenters. The molecule has 0 spiro atoms. The van der Waals surface area contributed by atoms with Gasteiger partial charge in [-0.15, -0.1) is 0 Å². The van der Waals surface area contributed by atoms with Gasteiger partial charge < -0.3 is 15.4 Å². The number of rotatable bonds is 4. The Morgan fingerprint density at radius 3 is 2.88 bits per heavy atom. The third-order valence-electron chi connectivity index (χ3n) is 3.05. The van der Waals surface area contributed by atoms with E-state index >= 15 is 0 Å². The van der Waals surface area contributed by atoms with E-state index in [2.05, 4.69) is 10.6 Å². The zero-order valence-electron chi connectivity index (χ0n) is 9.98. The molecule has 1 saturated heterocycles. The van der Waals surface area contributed by atoms with E-state index in [9.17, 15) is 4.79 Å². The van der Waals surface area contributed by atoms with Crippen molar-refractivity contribution in [3.05, 3.63) is 35.9 Å². The van der Waals surface area contributed by atoms with Gasteiger partial charge in [0.05, 0.1) is 12.1 Å². The van der Waals surface area contributed by atoms with Gasteiger partial charge in [0.15, 0.2) is 0 Å². The molecule has 92 valence electrons. The fraction of sp³-hybridized carbons (Fsp3) is 0.462. The van der Waals surface area contributed by atoms with Crippen LogP contribution in [0.1, 0.15) is 12.0 Å². The molecule has 2 N–H and O–H groups in total. The summed E-state index contributed by atoms with van der Waals surface area (Å²) in [6.45, 7) is 1.33. The zero-order chi connectivity index (χ0) is 12.1. The fourth-order valence-corrected chi connectivity index (χ4v) is 1.99. The topological polar surface area (TPSA) is 50.4 Å². The third-order valence-corrected chi connectivity index (χ3v) is 3.05. The second-order valence-electron chi connectivity index (χ2n) is 4.26. The van der Waals surface area contributed by atoms with Crippen molar-refractivity contribution in [2.75, 3.05) is 13.7 Å². The van der Waals surface area contributed by atoms with Crippen LogP contribution in [0.5, 0.6) is 0 Å². The molecule has 2 rings (SSSR count). The number of ether oxygens (including phenoxy) is 1. The van der Waals surface area contributed by atoms with Crippen LogP contribution in [0.25, 0.3) is 0 Å². The van der Waals surface area contributed by atoms with Crippen LogP contribution in [0.15, 0.2) is 30.3 Å². The highest BCUT2D eigenvalue weighted by Gasteiger charge is 2.28. The molecule has 4 heteroatoms. The van der Waals surface area contributed by atoms with Crippen molar-refractivity contribution < 1.29 is 9.53 Å². The summed E-state index contributed by atoms with van der Waals surface area (Å²) in [4.78, 5) is 11.9. The minimum atomic E-state index is -0.122. The molecule has 4 nitrogen and oxygen atoms in total. The van der Waals surface area contributed by atoms with Gasteiger partial charge in [-0.1, -0.05) is 30.3 Å². The van der Waals surface area contributed by atoms with E-state index in [0.29, 0.717) is 6.54 Å². The van der Waals surface area contributed by atoms with Crippen LogP contribution in [0.4, 0.5) is 0 Å². The lowest BCUT2D eigenvalue weighted by atomic mass is 10.2. The summed E-state index contributed by atoms with van der Waals surface area (Å²) in [6, 6.07) is 9.78. The second-order valence-corrected chi connectivity index (χ2v) is 4.26. The number of methoxy groups -OCH3 is 1. The van der Waals surface area contributed by atoms with Gasteiger partial charge in [0, 0.05) is 20.2 Å². The molecule has 17 heavy (non-hydrogen) atoms. The number of amides is 1. The molecule has 1 aliphatic rings. The lowest BCUT2D eigenvalue weighted by Gasteiger charge is -2.11. The normalized spacial score (nSPS) is 23.6. The Morgan fingerprint density at radius 1 is 1.47 bits per heavy atom. The van der Waals surface area contributed by atoms with Crippen molar-refractivity contribution in [2.45, 2.75) is 25.1 Å². The van der Waals surface area contributed by atoms with Crippen molar-refractivity contribution in [1.29, 1.82) is 0 Å². The molecule has 0 bridgehead atoms. The Hall–Kier alpha value is -1.39. The monoisotopic (exact) mass is 234 g/mol. The zero-order valence-corrected chi connectivity index (χ0v) is 9.98. The van der Waals surface area contributed by atoms with E-state index < -0.39 is 0 Å². The van der Waals surface area contributed by atoms with Crippen molar-refractivity contribution >= 4 is 5.91 Å². The van der Waals surface area contributed by atoms with Gasteiger partial charge in [-0.3, -0.25) is 4.79 Å². The van der Waals surface area contributed by atoms with Crippen LogP contribution in [-0.2, 0) is 16.1 Å². The van der Waals surface area contributed by atoms with Gasteiger partial charge in [0.1, 0.15) is 0 Å². The van der Waals surface area contributed by atoms with E-state index in [-0.39, 0.29) is 18.1 Å². The van der Waals surface area contributed by atoms with E-state index in [1.807, 2.05) is 30.3 Å². The molecule has 1 aliphatic heterocycles. The van der Waals surface area contributed by atoms with E-state index in [1.165, 1.54) is 0 Å². The molecular formula is C13H18N2O2. The molecule has 1 amide bonds. The molecule has 0 saturated carbocycles. The molecule has 1 aromatic rings. The summed E-state index contributed by atoms with van der Waals surface area (Å²) in [6.07, 6.45) is 0.902. The van der Waals surface area contributed by atoms with Gasteiger partial charge in [-0.05, 0) is 12.0 Å². The summed E-state index contributed by atoms with van der Waals surface area (Å²) in [5.74, 6) is 0.0494. The van der Waals surface area contributed by atoms with Crippen molar-refractivity contribution in [3.63, 3.8) is 0 Å². The summed E-state index contributed by atoms with van der Waals surface area (Å²) in [5, 5.41) is 6.09. The first kappa shape index (κ1) is 12.1. The number of hydrogen-bond acceptors (Lipinski definition) is 3. The SMILES string of the molecule is COC1CNC(C(=O)NCc2ccccc2)C1. The molecule has 2 unspecified atom stereocenters. The Labute approximate surface area is 101 Å². The maximum Gasteiger partial charge on any atom is 0.237 e. The highest BCUT2D eigenvalue weighted by atomic mass is 16.5. The van der Waals surface area contributed by atoms with Gasteiger partial charge in [0.2, 0.25) is 5.91 Å². The first-order valence-corrected chi connectivity index (χ1v) is 5.87. The lowest BCUT2D eigenvalue weighted by Crippen LogP contribution is -2.39. The Morgan fingerprint density at radius 2 is 2.24 bits per heavy atom. The average Bonchev–Trinajstić information content (AvgIpc) is 2.86. The highest BCUT2D eigenvalue weighted by Crippen LogP contribution is 2.09. The minimum absolute atomic E-state index is 0.0494. The number of carbonyl (C=O) groups is 1. The van der Waals surface area contributed by atoms with Gasteiger partial charge in [-0.25, -0.2) is 0 Å². The maximum atomic E-state index is 11.9. The summed E-state index contributed by atoms with van der Waals surface area (Å²) >= 11 is 0.